The molecule has 1 atom stereocenters. The Kier molecular flexibility index (Phi) is 15.4. The molecule has 122 valence electrons. The van der Waals surface area contributed by atoms with E-state index in [2.05, 4.69) is 27.7 Å². The molecule has 0 bridgehead atoms. The lowest BCUT2D eigenvalue weighted by molar-refractivity contribution is 0.297. The number of hydrogen-bond acceptors (Lipinski definition) is 0. The van der Waals surface area contributed by atoms with Crippen molar-refractivity contribution >= 4 is 0 Å². The third-order valence-corrected chi connectivity index (χ3v) is 4.89. The largest absolute Gasteiger partial charge is 0.0654 e. The number of rotatable bonds is 15. The van der Waals surface area contributed by atoms with Crippen LogP contribution in [0.15, 0.2) is 0 Å². The molecule has 0 amide bonds. The highest BCUT2D eigenvalue weighted by molar-refractivity contribution is 4.67. The third-order valence-electron chi connectivity index (χ3n) is 4.89. The molecule has 0 heterocycles. The van der Waals surface area contributed by atoms with Crippen molar-refractivity contribution in [1.82, 2.24) is 0 Å². The Bertz CT molecular complexity index is 165. The molecular weight excluding hydrogens is 240 g/mol. The highest BCUT2D eigenvalue weighted by Crippen LogP contribution is 2.28. The summed E-state index contributed by atoms with van der Waals surface area (Å²) in [7, 11) is 0. The second kappa shape index (κ2) is 15.4. The summed E-state index contributed by atoms with van der Waals surface area (Å²) in [6.45, 7) is 9.39. The standard InChI is InChI=1S/C20H42/c1-5-9-12-13-14-17-19(8-4)18-20(15-10-6-2)16-11-7-3/h19-20H,5-18H2,1-4H3. The zero-order valence-corrected chi connectivity index (χ0v) is 15.1. The minimum Gasteiger partial charge on any atom is -0.0654 e. The fraction of sp³-hybridized carbons (Fsp3) is 1.00. The Morgan fingerprint density at radius 3 is 1.50 bits per heavy atom. The Hall–Kier alpha value is 0. The maximum Gasteiger partial charge on any atom is -0.0412 e. The van der Waals surface area contributed by atoms with Crippen LogP contribution in [0.1, 0.15) is 118 Å². The summed E-state index contributed by atoms with van der Waals surface area (Å²) in [5.74, 6) is 2.03. The lowest BCUT2D eigenvalue weighted by atomic mass is 9.83. The summed E-state index contributed by atoms with van der Waals surface area (Å²) in [5, 5.41) is 0. The van der Waals surface area contributed by atoms with E-state index in [0.29, 0.717) is 0 Å². The van der Waals surface area contributed by atoms with Crippen molar-refractivity contribution in [1.29, 1.82) is 0 Å². The van der Waals surface area contributed by atoms with Gasteiger partial charge in [0.15, 0.2) is 0 Å². The van der Waals surface area contributed by atoms with Crippen LogP contribution >= 0.6 is 0 Å². The molecule has 0 fully saturated rings. The van der Waals surface area contributed by atoms with E-state index in [1.807, 2.05) is 0 Å². The van der Waals surface area contributed by atoms with E-state index < -0.39 is 0 Å². The minimum atomic E-state index is 1.01. The first-order valence-corrected chi connectivity index (χ1v) is 9.78. The summed E-state index contributed by atoms with van der Waals surface area (Å²) in [6.07, 6.45) is 20.2. The van der Waals surface area contributed by atoms with Crippen molar-refractivity contribution < 1.29 is 0 Å². The van der Waals surface area contributed by atoms with Crippen LogP contribution in [0, 0.1) is 11.8 Å². The zero-order valence-electron chi connectivity index (χ0n) is 15.1. The molecule has 1 unspecified atom stereocenters. The van der Waals surface area contributed by atoms with Gasteiger partial charge in [0.1, 0.15) is 0 Å². The average molecular weight is 283 g/mol. The van der Waals surface area contributed by atoms with Gasteiger partial charge in [-0.15, -0.1) is 0 Å². The molecule has 0 heteroatoms. The van der Waals surface area contributed by atoms with Crippen molar-refractivity contribution in [2.75, 3.05) is 0 Å². The van der Waals surface area contributed by atoms with Crippen LogP contribution in [0.25, 0.3) is 0 Å². The summed E-state index contributed by atoms with van der Waals surface area (Å²) in [4.78, 5) is 0. The van der Waals surface area contributed by atoms with Crippen LogP contribution in [0.4, 0.5) is 0 Å². The molecule has 0 aliphatic heterocycles. The molecule has 0 saturated carbocycles. The maximum atomic E-state index is 2.41. The van der Waals surface area contributed by atoms with Crippen LogP contribution in [-0.2, 0) is 0 Å². The van der Waals surface area contributed by atoms with Gasteiger partial charge in [-0.1, -0.05) is 111 Å². The van der Waals surface area contributed by atoms with Gasteiger partial charge in [0.2, 0.25) is 0 Å². The molecule has 0 N–H and O–H groups in total. The monoisotopic (exact) mass is 282 g/mol. The molecule has 0 aliphatic rings. The maximum absolute atomic E-state index is 2.41. The first-order chi connectivity index (χ1) is 9.78. The van der Waals surface area contributed by atoms with Gasteiger partial charge in [-0.25, -0.2) is 0 Å². The molecule has 0 spiro atoms. The van der Waals surface area contributed by atoms with Crippen LogP contribution < -0.4 is 0 Å². The highest BCUT2D eigenvalue weighted by Gasteiger charge is 2.14. The van der Waals surface area contributed by atoms with Crippen molar-refractivity contribution in [2.24, 2.45) is 11.8 Å². The third kappa shape index (κ3) is 11.8. The van der Waals surface area contributed by atoms with Gasteiger partial charge in [0, 0.05) is 0 Å². The van der Waals surface area contributed by atoms with E-state index in [9.17, 15) is 0 Å². The average Bonchev–Trinajstić information content (AvgIpc) is 2.48. The van der Waals surface area contributed by atoms with Crippen LogP contribution in [-0.4, -0.2) is 0 Å². The summed E-state index contributed by atoms with van der Waals surface area (Å²) < 4.78 is 0. The van der Waals surface area contributed by atoms with E-state index in [1.165, 1.54) is 89.9 Å². The molecule has 0 nitrogen and oxygen atoms in total. The van der Waals surface area contributed by atoms with Crippen molar-refractivity contribution in [2.45, 2.75) is 118 Å². The quantitative estimate of drug-likeness (QED) is 0.269. The highest BCUT2D eigenvalue weighted by atomic mass is 14.2. The van der Waals surface area contributed by atoms with Crippen molar-refractivity contribution in [3.05, 3.63) is 0 Å². The lowest BCUT2D eigenvalue weighted by Crippen LogP contribution is -2.09. The van der Waals surface area contributed by atoms with Crippen molar-refractivity contribution in [3.8, 4) is 0 Å². The summed E-state index contributed by atoms with van der Waals surface area (Å²) in [6, 6.07) is 0. The van der Waals surface area contributed by atoms with Crippen LogP contribution in [0.5, 0.6) is 0 Å². The summed E-state index contributed by atoms with van der Waals surface area (Å²) >= 11 is 0. The Balaban J connectivity index is 3.91. The predicted octanol–water partition coefficient (Wildman–Crippen LogP) is 7.76. The van der Waals surface area contributed by atoms with E-state index in [4.69, 9.17) is 0 Å². The molecular formula is C20H42. The SMILES string of the molecule is CCCCCCCC(CC)CC(CCCC)CCCC. The fourth-order valence-electron chi connectivity index (χ4n) is 3.36. The molecule has 0 aliphatic carbocycles. The van der Waals surface area contributed by atoms with E-state index >= 15 is 0 Å². The predicted molar refractivity (Wildman–Crippen MR) is 94.3 cm³/mol. The topological polar surface area (TPSA) is 0 Å². The van der Waals surface area contributed by atoms with Gasteiger partial charge in [0.25, 0.3) is 0 Å². The van der Waals surface area contributed by atoms with E-state index in [-0.39, 0.29) is 0 Å². The smallest absolute Gasteiger partial charge is 0.0412 e. The summed E-state index contributed by atoms with van der Waals surface area (Å²) in [5.41, 5.74) is 0. The second-order valence-corrected chi connectivity index (χ2v) is 6.86. The van der Waals surface area contributed by atoms with Gasteiger partial charge in [-0.3, -0.25) is 0 Å². The lowest BCUT2D eigenvalue weighted by Gasteiger charge is -2.23. The molecule has 0 aromatic carbocycles. The molecule has 0 aromatic heterocycles. The normalized spacial score (nSPS) is 13.1. The molecule has 0 rings (SSSR count). The van der Waals surface area contributed by atoms with Gasteiger partial charge in [-0.2, -0.15) is 0 Å². The Morgan fingerprint density at radius 2 is 1.00 bits per heavy atom. The Morgan fingerprint density at radius 1 is 0.500 bits per heavy atom. The molecule has 0 aromatic rings. The second-order valence-electron chi connectivity index (χ2n) is 6.86. The van der Waals surface area contributed by atoms with Gasteiger partial charge >= 0.3 is 0 Å². The first kappa shape index (κ1) is 20.0. The fourth-order valence-corrected chi connectivity index (χ4v) is 3.36. The number of unbranched alkanes of at least 4 members (excludes halogenated alkanes) is 6. The van der Waals surface area contributed by atoms with E-state index in [1.54, 1.807) is 0 Å². The number of hydrogen-bond donors (Lipinski definition) is 0. The van der Waals surface area contributed by atoms with Gasteiger partial charge in [0.05, 0.1) is 0 Å². The van der Waals surface area contributed by atoms with Gasteiger partial charge < -0.3 is 0 Å². The molecule has 0 saturated heterocycles. The Labute approximate surface area is 130 Å². The van der Waals surface area contributed by atoms with E-state index in [0.717, 1.165) is 11.8 Å². The minimum absolute atomic E-state index is 1.01. The van der Waals surface area contributed by atoms with Gasteiger partial charge in [-0.05, 0) is 18.3 Å². The van der Waals surface area contributed by atoms with Crippen LogP contribution in [0.2, 0.25) is 0 Å². The molecule has 20 heavy (non-hydrogen) atoms. The van der Waals surface area contributed by atoms with Crippen LogP contribution in [0.3, 0.4) is 0 Å². The zero-order chi connectivity index (χ0) is 15.1. The molecule has 0 radical (unpaired) electrons. The first-order valence-electron chi connectivity index (χ1n) is 9.78. The van der Waals surface area contributed by atoms with Crippen molar-refractivity contribution in [3.63, 3.8) is 0 Å².